The van der Waals surface area contributed by atoms with E-state index in [1.807, 2.05) is 24.3 Å². The van der Waals surface area contributed by atoms with Gasteiger partial charge >= 0.3 is 0 Å². The van der Waals surface area contributed by atoms with Crippen molar-refractivity contribution in [2.75, 3.05) is 30.7 Å². The van der Waals surface area contributed by atoms with Crippen molar-refractivity contribution in [2.45, 2.75) is 18.0 Å². The Labute approximate surface area is 191 Å². The number of fused-ring (bicyclic) bond motifs is 1. The molecule has 2 heterocycles. The molecule has 0 radical (unpaired) electrons. The topological polar surface area (TPSA) is 73.5 Å². The van der Waals surface area contributed by atoms with Gasteiger partial charge in [0.1, 0.15) is 11.3 Å². The summed E-state index contributed by atoms with van der Waals surface area (Å²) in [6, 6.07) is 13.7. The summed E-state index contributed by atoms with van der Waals surface area (Å²) in [4.78, 5) is 26.5. The van der Waals surface area contributed by atoms with E-state index in [4.69, 9.17) is 0 Å². The lowest BCUT2D eigenvalue weighted by atomic mass is 9.80. The Balaban J connectivity index is 1.66. The van der Waals surface area contributed by atoms with E-state index in [1.165, 1.54) is 13.0 Å². The molecule has 1 unspecified atom stereocenters. The van der Waals surface area contributed by atoms with Gasteiger partial charge in [-0.25, -0.2) is 4.39 Å². The monoisotopic (exact) mass is 454 g/mol. The van der Waals surface area contributed by atoms with Gasteiger partial charge in [-0.3, -0.25) is 19.8 Å². The third-order valence-electron chi connectivity index (χ3n) is 5.95. The van der Waals surface area contributed by atoms with Crippen molar-refractivity contribution in [2.24, 2.45) is 5.92 Å². The predicted octanol–water partition coefficient (Wildman–Crippen LogP) is 3.15. The first-order chi connectivity index (χ1) is 15.4. The zero-order chi connectivity index (χ0) is 22.7. The van der Waals surface area contributed by atoms with E-state index in [-0.39, 0.29) is 29.0 Å². The fraction of sp³-hybridized carbons (Fsp3) is 0.333. The first-order valence-corrected chi connectivity index (χ1v) is 11.6. The van der Waals surface area contributed by atoms with E-state index < -0.39 is 5.54 Å². The normalized spacial score (nSPS) is 25.1. The fourth-order valence-corrected chi connectivity index (χ4v) is 5.88. The molecular formula is C24H27FN4O2S. The van der Waals surface area contributed by atoms with E-state index in [2.05, 4.69) is 27.4 Å². The van der Waals surface area contributed by atoms with Crippen LogP contribution in [0.4, 0.5) is 10.1 Å². The maximum atomic E-state index is 15.2. The quantitative estimate of drug-likeness (QED) is 0.585. The van der Waals surface area contributed by atoms with Gasteiger partial charge in [-0.2, -0.15) is 0 Å². The smallest absolute Gasteiger partial charge is 0.253 e. The van der Waals surface area contributed by atoms with Gasteiger partial charge in [-0.05, 0) is 30.3 Å². The number of benzene rings is 2. The lowest BCUT2D eigenvalue weighted by molar-refractivity contribution is -0.114. The Morgan fingerprint density at radius 1 is 1.31 bits per heavy atom. The molecule has 0 aromatic heterocycles. The van der Waals surface area contributed by atoms with Crippen molar-refractivity contribution in [1.82, 2.24) is 15.5 Å². The van der Waals surface area contributed by atoms with Crippen molar-refractivity contribution in [3.8, 4) is 0 Å². The van der Waals surface area contributed by atoms with Gasteiger partial charge in [0.05, 0.1) is 5.54 Å². The molecule has 8 heteroatoms. The largest absolute Gasteiger partial charge is 0.328 e. The Morgan fingerprint density at radius 3 is 2.81 bits per heavy atom. The second kappa shape index (κ2) is 9.44. The molecule has 2 aliphatic heterocycles. The molecule has 0 aliphatic carbocycles. The van der Waals surface area contributed by atoms with Crippen LogP contribution in [0.3, 0.4) is 0 Å². The Morgan fingerprint density at radius 2 is 2.09 bits per heavy atom. The standard InChI is InChI=1S/C24H27FN4O2S/c1-3-11-29-13-18-14-32-23(27-22(31)17-7-5-4-6-8-17)28-24(18,15-29)20-12-19(26-16(2)30)9-10-21(20)25/h3-10,12,18,23,28H,1,11,13-15H2,2H3,(H,26,30)(H,27,31)/t18-,23?,24-/m0/s1. The van der Waals surface area contributed by atoms with E-state index in [0.717, 1.165) is 12.3 Å². The first-order valence-electron chi connectivity index (χ1n) is 10.6. The molecule has 2 aromatic rings. The number of carbonyl (C=O) groups is 2. The minimum Gasteiger partial charge on any atom is -0.328 e. The van der Waals surface area contributed by atoms with Gasteiger partial charge in [-0.15, -0.1) is 18.3 Å². The fourth-order valence-electron chi connectivity index (χ4n) is 4.58. The van der Waals surface area contributed by atoms with Gasteiger partial charge in [0.2, 0.25) is 5.91 Å². The molecular weight excluding hydrogens is 427 g/mol. The van der Waals surface area contributed by atoms with Gasteiger partial charge in [0.15, 0.2) is 0 Å². The maximum absolute atomic E-state index is 15.2. The zero-order valence-corrected chi connectivity index (χ0v) is 18.8. The number of amides is 2. The molecule has 0 bridgehead atoms. The van der Waals surface area contributed by atoms with Gasteiger partial charge < -0.3 is 10.6 Å². The molecule has 0 saturated carbocycles. The second-order valence-corrected chi connectivity index (χ2v) is 9.36. The van der Waals surface area contributed by atoms with Crippen LogP contribution in [-0.2, 0) is 10.3 Å². The number of nitrogens with zero attached hydrogens (tertiary/aromatic N) is 1. The van der Waals surface area contributed by atoms with Crippen LogP contribution in [0.2, 0.25) is 0 Å². The van der Waals surface area contributed by atoms with E-state index in [0.29, 0.717) is 29.9 Å². The second-order valence-electron chi connectivity index (χ2n) is 8.22. The summed E-state index contributed by atoms with van der Waals surface area (Å²) in [5, 5.41) is 9.35. The molecule has 3 atom stereocenters. The van der Waals surface area contributed by atoms with Crippen molar-refractivity contribution in [3.05, 3.63) is 78.1 Å². The number of anilines is 1. The third kappa shape index (κ3) is 4.57. The minimum absolute atomic E-state index is 0.124. The lowest BCUT2D eigenvalue weighted by Gasteiger charge is -2.44. The summed E-state index contributed by atoms with van der Waals surface area (Å²) < 4.78 is 15.2. The van der Waals surface area contributed by atoms with Crippen molar-refractivity contribution < 1.29 is 14.0 Å². The zero-order valence-electron chi connectivity index (χ0n) is 17.9. The molecule has 2 saturated heterocycles. The van der Waals surface area contributed by atoms with Crippen LogP contribution in [0, 0.1) is 11.7 Å². The molecule has 32 heavy (non-hydrogen) atoms. The van der Waals surface area contributed by atoms with Crippen LogP contribution in [0.1, 0.15) is 22.8 Å². The molecule has 6 nitrogen and oxygen atoms in total. The summed E-state index contributed by atoms with van der Waals surface area (Å²) in [6.07, 6.45) is 1.84. The number of rotatable bonds is 6. The average Bonchev–Trinajstić information content (AvgIpc) is 3.14. The van der Waals surface area contributed by atoms with Crippen molar-refractivity contribution in [3.63, 3.8) is 0 Å². The highest BCUT2D eigenvalue weighted by atomic mass is 32.2. The van der Waals surface area contributed by atoms with Crippen LogP contribution in [0.15, 0.2) is 61.2 Å². The van der Waals surface area contributed by atoms with Crippen LogP contribution in [0.5, 0.6) is 0 Å². The Kier molecular flexibility index (Phi) is 6.64. The molecule has 0 spiro atoms. The lowest BCUT2D eigenvalue weighted by Crippen LogP contribution is -2.61. The number of thioether (sulfide) groups is 1. The highest BCUT2D eigenvalue weighted by Gasteiger charge is 2.52. The number of carbonyl (C=O) groups excluding carboxylic acids is 2. The summed E-state index contributed by atoms with van der Waals surface area (Å²) in [5.74, 6) is 0.148. The number of hydrogen-bond acceptors (Lipinski definition) is 5. The Bertz CT molecular complexity index is 1020. The van der Waals surface area contributed by atoms with Crippen LogP contribution in [0.25, 0.3) is 0 Å². The molecule has 4 rings (SSSR count). The molecule has 168 valence electrons. The molecule has 3 N–H and O–H groups in total. The molecule has 2 aromatic carbocycles. The van der Waals surface area contributed by atoms with Gasteiger partial charge in [0.25, 0.3) is 5.91 Å². The van der Waals surface area contributed by atoms with Crippen molar-refractivity contribution in [1.29, 1.82) is 0 Å². The summed E-state index contributed by atoms with van der Waals surface area (Å²) >= 11 is 1.61. The van der Waals surface area contributed by atoms with Gasteiger partial charge in [0, 0.05) is 55.0 Å². The molecule has 2 aliphatic rings. The van der Waals surface area contributed by atoms with E-state index in [1.54, 1.807) is 36.0 Å². The first kappa shape index (κ1) is 22.5. The Hall–Kier alpha value is -2.68. The highest BCUT2D eigenvalue weighted by molar-refractivity contribution is 7.99. The SMILES string of the molecule is C=CCN1C[C@H]2CSC(NC(=O)c3ccccc3)N[C@@]2(c2cc(NC(C)=O)ccc2F)C1. The summed E-state index contributed by atoms with van der Waals surface area (Å²) in [5.41, 5.74) is 0.534. The van der Waals surface area contributed by atoms with E-state index >= 15 is 4.39 Å². The predicted molar refractivity (Wildman–Crippen MR) is 126 cm³/mol. The van der Waals surface area contributed by atoms with Gasteiger partial charge in [-0.1, -0.05) is 24.3 Å². The number of nitrogens with one attached hydrogen (secondary N) is 3. The number of likely N-dealkylation sites (tertiary alicyclic amines) is 1. The van der Waals surface area contributed by atoms with Crippen molar-refractivity contribution >= 4 is 29.3 Å². The molecule has 2 fully saturated rings. The van der Waals surface area contributed by atoms with Crippen LogP contribution in [-0.4, -0.2) is 47.6 Å². The van der Waals surface area contributed by atoms with E-state index in [9.17, 15) is 9.59 Å². The maximum Gasteiger partial charge on any atom is 0.253 e. The average molecular weight is 455 g/mol. The summed E-state index contributed by atoms with van der Waals surface area (Å²) in [6.45, 7) is 7.32. The van der Waals surface area contributed by atoms with Crippen LogP contribution >= 0.6 is 11.8 Å². The number of hydrogen-bond donors (Lipinski definition) is 3. The highest BCUT2D eigenvalue weighted by Crippen LogP contribution is 2.44. The summed E-state index contributed by atoms with van der Waals surface area (Å²) in [7, 11) is 0. The minimum atomic E-state index is -0.707. The van der Waals surface area contributed by atoms with Crippen LogP contribution < -0.4 is 16.0 Å². The number of halogens is 1. The molecule has 2 amide bonds. The third-order valence-corrected chi connectivity index (χ3v) is 7.12.